The van der Waals surface area contributed by atoms with Crippen molar-refractivity contribution in [3.63, 3.8) is 0 Å². The average Bonchev–Trinajstić information content (AvgIpc) is 2.58. The number of carboxylic acids is 1. The van der Waals surface area contributed by atoms with E-state index in [9.17, 15) is 14.7 Å². The van der Waals surface area contributed by atoms with Crippen molar-refractivity contribution in [2.24, 2.45) is 4.99 Å². The van der Waals surface area contributed by atoms with Gasteiger partial charge in [-0.1, -0.05) is 35.6 Å². The maximum absolute atomic E-state index is 12.6. The summed E-state index contributed by atoms with van der Waals surface area (Å²) < 4.78 is 5.69. The standard InChI is InChI=1S/C17H18N2O4S2/c1-10(2)13(14(20)21)19-15(22)17(3)16(19)25-24-12(18-17)9-23-11-7-5-4-6-8-11/h4-8,13,16H,1,9H2,2-3H3,(H,20,21). The van der Waals surface area contributed by atoms with Gasteiger partial charge < -0.3 is 14.7 Å². The summed E-state index contributed by atoms with van der Waals surface area (Å²) >= 11 is 0. The van der Waals surface area contributed by atoms with Crippen molar-refractivity contribution in [3.8, 4) is 5.75 Å². The highest BCUT2D eigenvalue weighted by atomic mass is 33.1. The molecule has 1 aromatic rings. The largest absolute Gasteiger partial charge is 0.487 e. The van der Waals surface area contributed by atoms with Gasteiger partial charge in [0.05, 0.1) is 0 Å². The number of rotatable bonds is 6. The van der Waals surface area contributed by atoms with Gasteiger partial charge in [0.1, 0.15) is 22.8 Å². The van der Waals surface area contributed by atoms with E-state index in [0.29, 0.717) is 10.6 Å². The van der Waals surface area contributed by atoms with Gasteiger partial charge >= 0.3 is 5.97 Å². The molecule has 2 heterocycles. The molecule has 0 saturated carbocycles. The molecule has 3 unspecified atom stereocenters. The highest BCUT2D eigenvalue weighted by molar-refractivity contribution is 8.82. The van der Waals surface area contributed by atoms with E-state index < -0.39 is 17.6 Å². The zero-order valence-electron chi connectivity index (χ0n) is 13.8. The quantitative estimate of drug-likeness (QED) is 0.466. The number of ether oxygens (including phenoxy) is 1. The van der Waals surface area contributed by atoms with Crippen LogP contribution < -0.4 is 4.74 Å². The van der Waals surface area contributed by atoms with Crippen molar-refractivity contribution in [1.82, 2.24) is 4.90 Å². The number of para-hydroxylation sites is 1. The zero-order chi connectivity index (χ0) is 18.2. The van der Waals surface area contributed by atoms with Gasteiger partial charge in [-0.05, 0) is 42.3 Å². The van der Waals surface area contributed by atoms with Crippen molar-refractivity contribution < 1.29 is 19.4 Å². The summed E-state index contributed by atoms with van der Waals surface area (Å²) in [7, 11) is 2.85. The van der Waals surface area contributed by atoms with Crippen LogP contribution in [-0.4, -0.2) is 50.5 Å². The molecule has 0 aromatic heterocycles. The molecule has 0 aliphatic carbocycles. The van der Waals surface area contributed by atoms with Crippen LogP contribution in [0.25, 0.3) is 0 Å². The van der Waals surface area contributed by atoms with Crippen LogP contribution in [0.1, 0.15) is 13.8 Å². The number of carbonyl (C=O) groups is 2. The number of benzene rings is 1. The smallest absolute Gasteiger partial charge is 0.330 e. The van der Waals surface area contributed by atoms with Gasteiger partial charge in [-0.15, -0.1) is 0 Å². The average molecular weight is 378 g/mol. The SMILES string of the molecule is C=C(C)C(C(=O)O)N1C(=O)C2(C)N=C(COc3ccccc3)SSC12. The van der Waals surface area contributed by atoms with Gasteiger partial charge in [0.15, 0.2) is 11.6 Å². The number of hydrogen-bond acceptors (Lipinski definition) is 6. The minimum Gasteiger partial charge on any atom is -0.487 e. The van der Waals surface area contributed by atoms with E-state index >= 15 is 0 Å². The Morgan fingerprint density at radius 2 is 2.16 bits per heavy atom. The summed E-state index contributed by atoms with van der Waals surface area (Å²) in [6, 6.07) is 8.36. The molecule has 1 aromatic carbocycles. The molecule has 0 spiro atoms. The topological polar surface area (TPSA) is 79.2 Å². The number of carboxylic acid groups (broad SMARTS) is 1. The van der Waals surface area contributed by atoms with Crippen LogP contribution >= 0.6 is 21.6 Å². The van der Waals surface area contributed by atoms with Crippen LogP contribution in [0.5, 0.6) is 5.75 Å². The molecule has 0 bridgehead atoms. The van der Waals surface area contributed by atoms with Crippen molar-refractivity contribution in [2.45, 2.75) is 30.8 Å². The van der Waals surface area contributed by atoms with Gasteiger partial charge in [-0.3, -0.25) is 9.79 Å². The van der Waals surface area contributed by atoms with Crippen LogP contribution in [0.4, 0.5) is 0 Å². The Morgan fingerprint density at radius 3 is 2.76 bits per heavy atom. The fourth-order valence-electron chi connectivity index (χ4n) is 2.84. The number of β-lactam (4-membered cyclic amide) rings is 1. The summed E-state index contributed by atoms with van der Waals surface area (Å²) in [4.78, 5) is 30.0. The molecule has 2 aliphatic heterocycles. The lowest BCUT2D eigenvalue weighted by atomic mass is 9.87. The first-order valence-corrected chi connectivity index (χ1v) is 9.87. The second kappa shape index (κ2) is 6.76. The Kier molecular flexibility index (Phi) is 4.83. The van der Waals surface area contributed by atoms with Gasteiger partial charge in [0, 0.05) is 0 Å². The van der Waals surface area contributed by atoms with Crippen molar-refractivity contribution in [2.75, 3.05) is 6.61 Å². The summed E-state index contributed by atoms with van der Waals surface area (Å²) in [5, 5.41) is 9.79. The highest BCUT2D eigenvalue weighted by Crippen LogP contribution is 2.51. The molecule has 1 saturated heterocycles. The predicted octanol–water partition coefficient (Wildman–Crippen LogP) is 2.82. The Morgan fingerprint density at radius 1 is 1.48 bits per heavy atom. The van der Waals surface area contributed by atoms with E-state index in [-0.39, 0.29) is 17.9 Å². The molecule has 3 rings (SSSR count). The Bertz CT molecular complexity index is 738. The molecule has 2 aliphatic rings. The Labute approximate surface area is 153 Å². The summed E-state index contributed by atoms with van der Waals surface area (Å²) in [6.07, 6.45) is 0. The number of amides is 1. The lowest BCUT2D eigenvalue weighted by molar-refractivity contribution is -0.163. The molecule has 1 amide bonds. The number of likely N-dealkylation sites (tertiary alicyclic amines) is 1. The number of carbonyl (C=O) groups excluding carboxylic acids is 1. The summed E-state index contributed by atoms with van der Waals surface area (Å²) in [5.74, 6) is -0.633. The first-order chi connectivity index (χ1) is 11.8. The van der Waals surface area contributed by atoms with Gasteiger partial charge in [0.2, 0.25) is 0 Å². The van der Waals surface area contributed by atoms with E-state index in [0.717, 1.165) is 5.75 Å². The van der Waals surface area contributed by atoms with E-state index in [1.165, 1.54) is 26.5 Å². The first kappa shape index (κ1) is 17.9. The summed E-state index contributed by atoms with van der Waals surface area (Å²) in [6.45, 7) is 7.34. The number of fused-ring (bicyclic) bond motifs is 1. The lowest BCUT2D eigenvalue weighted by Gasteiger charge is -2.55. The van der Waals surface area contributed by atoms with Crippen molar-refractivity contribution in [1.29, 1.82) is 0 Å². The van der Waals surface area contributed by atoms with E-state index in [4.69, 9.17) is 4.74 Å². The molecule has 0 radical (unpaired) electrons. The normalized spacial score (nSPS) is 26.2. The third kappa shape index (κ3) is 3.16. The van der Waals surface area contributed by atoms with Crippen molar-refractivity contribution in [3.05, 3.63) is 42.5 Å². The monoisotopic (exact) mass is 378 g/mol. The maximum atomic E-state index is 12.6. The first-order valence-electron chi connectivity index (χ1n) is 7.65. The van der Waals surface area contributed by atoms with E-state index in [2.05, 4.69) is 11.6 Å². The molecule has 1 N–H and O–H groups in total. The van der Waals surface area contributed by atoms with Crippen LogP contribution in [0.15, 0.2) is 47.5 Å². The van der Waals surface area contributed by atoms with Crippen LogP contribution in [0, 0.1) is 0 Å². The fourth-order valence-corrected chi connectivity index (χ4v) is 5.73. The molecule has 8 heteroatoms. The lowest BCUT2D eigenvalue weighted by Crippen LogP contribution is -2.74. The van der Waals surface area contributed by atoms with Crippen LogP contribution in [0.2, 0.25) is 0 Å². The molecular formula is C17H18N2O4S2. The van der Waals surface area contributed by atoms with Gasteiger partial charge in [-0.25, -0.2) is 4.79 Å². The highest BCUT2D eigenvalue weighted by Gasteiger charge is 2.63. The predicted molar refractivity (Wildman–Crippen MR) is 99.8 cm³/mol. The zero-order valence-corrected chi connectivity index (χ0v) is 15.5. The number of aliphatic imine (C=N–C) groups is 1. The Hall–Kier alpha value is -1.93. The van der Waals surface area contributed by atoms with E-state index in [1.54, 1.807) is 13.8 Å². The molecule has 132 valence electrons. The molecule has 3 atom stereocenters. The number of hydrogen-bond donors (Lipinski definition) is 1. The second-order valence-corrected chi connectivity index (χ2v) is 8.44. The van der Waals surface area contributed by atoms with Gasteiger partial charge in [0.25, 0.3) is 5.91 Å². The molecule has 6 nitrogen and oxygen atoms in total. The minimum atomic E-state index is -1.07. The summed E-state index contributed by atoms with van der Waals surface area (Å²) in [5.41, 5.74) is -0.523. The van der Waals surface area contributed by atoms with E-state index in [1.807, 2.05) is 30.3 Å². The minimum absolute atomic E-state index is 0.278. The molecule has 25 heavy (non-hydrogen) atoms. The van der Waals surface area contributed by atoms with Crippen LogP contribution in [0.3, 0.4) is 0 Å². The third-order valence-electron chi connectivity index (χ3n) is 4.08. The molecule has 1 fully saturated rings. The maximum Gasteiger partial charge on any atom is 0.330 e. The van der Waals surface area contributed by atoms with Crippen molar-refractivity contribution >= 4 is 38.5 Å². The van der Waals surface area contributed by atoms with Gasteiger partial charge in [-0.2, -0.15) is 0 Å². The number of aliphatic carboxylic acids is 1. The van der Waals surface area contributed by atoms with Crippen LogP contribution in [-0.2, 0) is 9.59 Å². The second-order valence-electron chi connectivity index (χ2n) is 6.09. The fraction of sp³-hybridized carbons (Fsp3) is 0.353. The molecular weight excluding hydrogens is 360 g/mol. The number of nitrogens with zero attached hydrogens (tertiary/aromatic N) is 2. The third-order valence-corrected chi connectivity index (χ3v) is 6.86. The Balaban J connectivity index is 1.73.